The Hall–Kier alpha value is -3.35. The van der Waals surface area contributed by atoms with Gasteiger partial charge in [0.25, 0.3) is 0 Å². The number of para-hydroxylation sites is 1. The zero-order chi connectivity index (χ0) is 17.6. The third-order valence-corrected chi connectivity index (χ3v) is 3.72. The molecule has 3 amide bonds. The molecule has 0 bridgehead atoms. The first-order valence-corrected chi connectivity index (χ1v) is 7.77. The number of β-lactam (4-membered cyclic amide) rings is 1. The molecule has 2 aromatic carbocycles. The Kier molecular flexibility index (Phi) is 4.94. The quantitative estimate of drug-likeness (QED) is 0.718. The molecule has 3 rings (SSSR count). The van der Waals surface area contributed by atoms with Gasteiger partial charge in [0.1, 0.15) is 18.7 Å². The van der Waals surface area contributed by atoms with E-state index in [2.05, 4.69) is 16.0 Å². The molecule has 7 nitrogen and oxygen atoms in total. The highest BCUT2D eigenvalue weighted by atomic mass is 16.5. The summed E-state index contributed by atoms with van der Waals surface area (Å²) in [6.45, 7) is 0.0852. The van der Waals surface area contributed by atoms with Crippen molar-refractivity contribution in [1.82, 2.24) is 10.6 Å². The van der Waals surface area contributed by atoms with Crippen LogP contribution in [0.3, 0.4) is 0 Å². The molecule has 1 aliphatic rings. The van der Waals surface area contributed by atoms with Crippen LogP contribution in [0.15, 0.2) is 60.7 Å². The molecule has 1 heterocycles. The van der Waals surface area contributed by atoms with Gasteiger partial charge in [-0.25, -0.2) is 4.79 Å². The summed E-state index contributed by atoms with van der Waals surface area (Å²) in [5.41, 5.74) is 1.44. The standard InChI is InChI=1S/C18H17N3O4/c22-16(19-13-9-5-2-6-10-13)14-15(17(23)20-14)21-18(24)25-11-12-7-3-1-4-8-12/h1-10,14-15H,11H2,(H,19,22)(H,20,23)(H,21,24). The van der Waals surface area contributed by atoms with Crippen molar-refractivity contribution in [3.8, 4) is 0 Å². The highest BCUT2D eigenvalue weighted by Gasteiger charge is 2.45. The molecule has 0 aliphatic carbocycles. The maximum atomic E-state index is 12.2. The van der Waals surface area contributed by atoms with Crippen LogP contribution in [0.2, 0.25) is 0 Å². The summed E-state index contributed by atoms with van der Waals surface area (Å²) in [6, 6.07) is 16.2. The molecule has 1 fully saturated rings. The lowest BCUT2D eigenvalue weighted by atomic mass is 9.98. The second kappa shape index (κ2) is 7.48. The molecule has 1 aliphatic heterocycles. The lowest BCUT2D eigenvalue weighted by Gasteiger charge is -2.35. The van der Waals surface area contributed by atoms with Crippen molar-refractivity contribution >= 4 is 23.6 Å². The SMILES string of the molecule is O=C(NC1C(=O)NC1C(=O)Nc1ccccc1)OCc1ccccc1. The van der Waals surface area contributed by atoms with E-state index in [0.717, 1.165) is 5.56 Å². The van der Waals surface area contributed by atoms with Gasteiger partial charge < -0.3 is 20.7 Å². The second-order valence-corrected chi connectivity index (χ2v) is 5.53. The summed E-state index contributed by atoms with van der Waals surface area (Å²) in [7, 11) is 0. The number of rotatable bonds is 5. The van der Waals surface area contributed by atoms with Gasteiger partial charge in [-0.3, -0.25) is 9.59 Å². The maximum Gasteiger partial charge on any atom is 0.408 e. The molecule has 0 saturated carbocycles. The van der Waals surface area contributed by atoms with E-state index in [1.54, 1.807) is 24.3 Å². The van der Waals surface area contributed by atoms with Crippen molar-refractivity contribution in [2.24, 2.45) is 0 Å². The number of ether oxygens (including phenoxy) is 1. The maximum absolute atomic E-state index is 12.2. The van der Waals surface area contributed by atoms with E-state index in [1.165, 1.54) is 0 Å². The first kappa shape index (κ1) is 16.5. The smallest absolute Gasteiger partial charge is 0.408 e. The van der Waals surface area contributed by atoms with Crippen LogP contribution < -0.4 is 16.0 Å². The summed E-state index contributed by atoms with van der Waals surface area (Å²) in [5.74, 6) is -0.830. The van der Waals surface area contributed by atoms with Crippen LogP contribution >= 0.6 is 0 Å². The molecule has 3 N–H and O–H groups in total. The number of hydrogen-bond acceptors (Lipinski definition) is 4. The van der Waals surface area contributed by atoms with Crippen molar-refractivity contribution in [2.75, 3.05) is 5.32 Å². The third-order valence-electron chi connectivity index (χ3n) is 3.72. The molecule has 0 spiro atoms. The average Bonchev–Trinajstić information content (AvgIpc) is 2.64. The normalized spacial score (nSPS) is 18.5. The molecule has 1 saturated heterocycles. The number of carbonyl (C=O) groups is 3. The van der Waals surface area contributed by atoms with Crippen molar-refractivity contribution in [3.05, 3.63) is 66.2 Å². The summed E-state index contributed by atoms with van der Waals surface area (Å²) < 4.78 is 5.07. The molecule has 7 heteroatoms. The molecular formula is C18H17N3O4. The Morgan fingerprint density at radius 3 is 2.28 bits per heavy atom. The first-order chi connectivity index (χ1) is 12.1. The molecule has 2 aromatic rings. The predicted molar refractivity (Wildman–Crippen MR) is 90.6 cm³/mol. The number of alkyl carbamates (subject to hydrolysis) is 1. The van der Waals surface area contributed by atoms with E-state index in [1.807, 2.05) is 36.4 Å². The van der Waals surface area contributed by atoms with E-state index in [-0.39, 0.29) is 6.61 Å². The van der Waals surface area contributed by atoms with E-state index in [9.17, 15) is 14.4 Å². The largest absolute Gasteiger partial charge is 0.445 e. The third kappa shape index (κ3) is 4.14. The summed E-state index contributed by atoms with van der Waals surface area (Å²) >= 11 is 0. The Balaban J connectivity index is 1.51. The lowest BCUT2D eigenvalue weighted by Crippen LogP contribution is -2.72. The van der Waals surface area contributed by atoms with Gasteiger partial charge in [0.15, 0.2) is 0 Å². The van der Waals surface area contributed by atoms with Crippen molar-refractivity contribution in [3.63, 3.8) is 0 Å². The molecule has 25 heavy (non-hydrogen) atoms. The Bertz CT molecular complexity index is 764. The summed E-state index contributed by atoms with van der Waals surface area (Å²) in [4.78, 5) is 35.7. The minimum absolute atomic E-state index is 0.0852. The molecule has 2 unspecified atom stereocenters. The van der Waals surface area contributed by atoms with Crippen LogP contribution in [-0.2, 0) is 20.9 Å². The van der Waals surface area contributed by atoms with Crippen LogP contribution in [0, 0.1) is 0 Å². The topological polar surface area (TPSA) is 96.5 Å². The van der Waals surface area contributed by atoms with Crippen molar-refractivity contribution in [1.29, 1.82) is 0 Å². The fourth-order valence-corrected chi connectivity index (χ4v) is 2.38. The lowest BCUT2D eigenvalue weighted by molar-refractivity contribution is -0.138. The molecule has 0 radical (unpaired) electrons. The highest BCUT2D eigenvalue weighted by molar-refractivity contribution is 6.07. The van der Waals surface area contributed by atoms with Gasteiger partial charge in [-0.15, -0.1) is 0 Å². The molecular weight excluding hydrogens is 322 g/mol. The van der Waals surface area contributed by atoms with Gasteiger partial charge in [-0.05, 0) is 17.7 Å². The van der Waals surface area contributed by atoms with E-state index in [0.29, 0.717) is 5.69 Å². The minimum Gasteiger partial charge on any atom is -0.445 e. The highest BCUT2D eigenvalue weighted by Crippen LogP contribution is 2.12. The number of anilines is 1. The summed E-state index contributed by atoms with van der Waals surface area (Å²) in [6.07, 6.45) is -0.749. The van der Waals surface area contributed by atoms with Crippen LogP contribution in [0.4, 0.5) is 10.5 Å². The minimum atomic E-state index is -0.952. The van der Waals surface area contributed by atoms with Gasteiger partial charge in [0.2, 0.25) is 11.8 Å². The van der Waals surface area contributed by atoms with E-state index < -0.39 is 30.0 Å². The van der Waals surface area contributed by atoms with Gasteiger partial charge in [0.05, 0.1) is 0 Å². The average molecular weight is 339 g/mol. The molecule has 0 aromatic heterocycles. The van der Waals surface area contributed by atoms with Crippen LogP contribution in [0.1, 0.15) is 5.56 Å². The first-order valence-electron chi connectivity index (χ1n) is 7.77. The van der Waals surface area contributed by atoms with Crippen LogP contribution in [0.25, 0.3) is 0 Å². The Labute approximate surface area is 144 Å². The number of amides is 3. The second-order valence-electron chi connectivity index (χ2n) is 5.53. The van der Waals surface area contributed by atoms with Gasteiger partial charge in [0, 0.05) is 5.69 Å². The Morgan fingerprint density at radius 1 is 1.00 bits per heavy atom. The zero-order valence-corrected chi connectivity index (χ0v) is 13.3. The zero-order valence-electron chi connectivity index (χ0n) is 13.3. The van der Waals surface area contributed by atoms with Crippen LogP contribution in [0.5, 0.6) is 0 Å². The van der Waals surface area contributed by atoms with Crippen molar-refractivity contribution in [2.45, 2.75) is 18.7 Å². The predicted octanol–water partition coefficient (Wildman–Crippen LogP) is 1.42. The monoisotopic (exact) mass is 339 g/mol. The van der Waals surface area contributed by atoms with E-state index in [4.69, 9.17) is 4.74 Å². The number of benzene rings is 2. The van der Waals surface area contributed by atoms with E-state index >= 15 is 0 Å². The summed E-state index contributed by atoms with van der Waals surface area (Å²) in [5, 5.41) is 7.57. The Morgan fingerprint density at radius 2 is 1.64 bits per heavy atom. The van der Waals surface area contributed by atoms with Crippen molar-refractivity contribution < 1.29 is 19.1 Å². The number of hydrogen-bond donors (Lipinski definition) is 3. The fraction of sp³-hybridized carbons (Fsp3) is 0.167. The molecule has 2 atom stereocenters. The van der Waals surface area contributed by atoms with Gasteiger partial charge >= 0.3 is 6.09 Å². The fourth-order valence-electron chi connectivity index (χ4n) is 2.38. The van der Waals surface area contributed by atoms with Gasteiger partial charge in [-0.1, -0.05) is 48.5 Å². The molecule has 128 valence electrons. The number of carbonyl (C=O) groups excluding carboxylic acids is 3. The number of nitrogens with one attached hydrogen (secondary N) is 3. The van der Waals surface area contributed by atoms with Gasteiger partial charge in [-0.2, -0.15) is 0 Å². The van der Waals surface area contributed by atoms with Crippen LogP contribution in [-0.4, -0.2) is 30.0 Å².